The van der Waals surface area contributed by atoms with Crippen LogP contribution in [0.15, 0.2) is 32.3 Å². The summed E-state index contributed by atoms with van der Waals surface area (Å²) in [4.78, 5) is 24.0. The molecule has 27 heavy (non-hydrogen) atoms. The molecule has 1 fully saturated rings. The summed E-state index contributed by atoms with van der Waals surface area (Å²) in [5, 5.41) is 0. The van der Waals surface area contributed by atoms with Crippen LogP contribution >= 0.6 is 0 Å². The van der Waals surface area contributed by atoms with Gasteiger partial charge in [-0.3, -0.25) is 9.36 Å². The van der Waals surface area contributed by atoms with Crippen molar-refractivity contribution in [3.63, 3.8) is 0 Å². The summed E-state index contributed by atoms with van der Waals surface area (Å²) in [6, 6.07) is 4.22. The average Bonchev–Trinajstić information content (AvgIpc) is 2.95. The van der Waals surface area contributed by atoms with E-state index >= 15 is 0 Å². The molecule has 1 aliphatic heterocycles. The van der Waals surface area contributed by atoms with E-state index in [9.17, 15) is 18.0 Å². The third-order valence-electron chi connectivity index (χ3n) is 4.74. The Labute approximate surface area is 157 Å². The molecule has 0 N–H and O–H groups in total. The van der Waals surface area contributed by atoms with E-state index in [1.54, 1.807) is 0 Å². The van der Waals surface area contributed by atoms with E-state index in [2.05, 4.69) is 0 Å². The molecule has 0 amide bonds. The Bertz CT molecular complexity index is 991. The Morgan fingerprint density at radius 1 is 1.33 bits per heavy atom. The number of hydrogen-bond donors (Lipinski definition) is 0. The number of carbonyl (C=O) groups excluding carboxylic acids is 1. The minimum Gasteiger partial charge on any atom is -0.464 e. The number of carbonyl (C=O) groups is 1. The Kier molecular flexibility index (Phi) is 5.71. The fourth-order valence-electron chi connectivity index (χ4n) is 3.31. The van der Waals surface area contributed by atoms with Crippen molar-refractivity contribution in [3.8, 4) is 0 Å². The molecule has 2 aromatic rings. The molecular weight excluding hydrogens is 372 g/mol. The van der Waals surface area contributed by atoms with Gasteiger partial charge in [-0.25, -0.2) is 13.2 Å². The molecule has 3 rings (SSSR count). The Hall–Kier alpha value is -2.13. The molecule has 1 atom stereocenters. The van der Waals surface area contributed by atoms with Gasteiger partial charge >= 0.3 is 11.7 Å². The monoisotopic (exact) mass is 396 g/mol. The van der Waals surface area contributed by atoms with E-state index in [1.165, 1.54) is 22.5 Å². The van der Waals surface area contributed by atoms with Crippen molar-refractivity contribution in [2.45, 2.75) is 57.0 Å². The van der Waals surface area contributed by atoms with Crippen LogP contribution in [-0.2, 0) is 26.1 Å². The highest BCUT2D eigenvalue weighted by Crippen LogP contribution is 2.27. The van der Waals surface area contributed by atoms with Crippen LogP contribution in [0.3, 0.4) is 0 Å². The van der Waals surface area contributed by atoms with Crippen LogP contribution in [0.25, 0.3) is 11.1 Å². The second-order valence-electron chi connectivity index (χ2n) is 6.76. The number of hydrogen-bond acceptors (Lipinski definition) is 6. The highest BCUT2D eigenvalue weighted by Gasteiger charge is 2.31. The number of oxazole rings is 1. The highest BCUT2D eigenvalue weighted by molar-refractivity contribution is 7.89. The lowest BCUT2D eigenvalue weighted by atomic mass is 10.1. The summed E-state index contributed by atoms with van der Waals surface area (Å²) in [7, 11) is -3.67. The van der Waals surface area contributed by atoms with Gasteiger partial charge in [-0.1, -0.05) is 13.3 Å². The lowest BCUT2D eigenvalue weighted by Crippen LogP contribution is -2.41. The van der Waals surface area contributed by atoms with E-state index < -0.39 is 21.7 Å². The van der Waals surface area contributed by atoms with Gasteiger partial charge in [-0.15, -0.1) is 0 Å². The second-order valence-corrected chi connectivity index (χ2v) is 8.66. The SMILES string of the molecule is CCCOC(=O)Cn1c(=O)oc2cc(S(=O)(=O)N3CCCC[C@H]3C)ccc21. The third kappa shape index (κ3) is 3.93. The van der Waals surface area contributed by atoms with Crippen molar-refractivity contribution in [3.05, 3.63) is 28.7 Å². The van der Waals surface area contributed by atoms with Crippen LogP contribution in [0.1, 0.15) is 39.5 Å². The first-order valence-corrected chi connectivity index (χ1v) is 10.6. The Balaban J connectivity index is 1.92. The van der Waals surface area contributed by atoms with Crippen molar-refractivity contribution in [2.75, 3.05) is 13.2 Å². The van der Waals surface area contributed by atoms with Gasteiger partial charge in [0.25, 0.3) is 0 Å². The average molecular weight is 396 g/mol. The number of nitrogens with zero attached hydrogens (tertiary/aromatic N) is 2. The van der Waals surface area contributed by atoms with Crippen LogP contribution in [0, 0.1) is 0 Å². The molecule has 1 aromatic carbocycles. The molecule has 1 aromatic heterocycles. The molecule has 0 radical (unpaired) electrons. The zero-order valence-corrected chi connectivity index (χ0v) is 16.3. The van der Waals surface area contributed by atoms with Crippen molar-refractivity contribution >= 4 is 27.1 Å². The standard InChI is InChI=1S/C18H24N2O6S/c1-3-10-25-17(21)12-19-15-8-7-14(11-16(15)26-18(19)22)27(23,24)20-9-5-4-6-13(20)2/h7-8,11,13H,3-6,9-10,12H2,1-2H3/t13-/m1/s1. The maximum atomic E-state index is 13.0. The van der Waals surface area contributed by atoms with E-state index in [-0.39, 0.29) is 29.7 Å². The molecule has 9 heteroatoms. The number of benzene rings is 1. The van der Waals surface area contributed by atoms with Crippen LogP contribution in [-0.4, -0.2) is 42.5 Å². The summed E-state index contributed by atoms with van der Waals surface area (Å²) in [5.41, 5.74) is 0.494. The summed E-state index contributed by atoms with van der Waals surface area (Å²) >= 11 is 0. The van der Waals surface area contributed by atoms with E-state index in [0.717, 1.165) is 23.8 Å². The topological polar surface area (TPSA) is 98.8 Å². The van der Waals surface area contributed by atoms with Crippen LogP contribution < -0.4 is 5.76 Å². The van der Waals surface area contributed by atoms with Gasteiger partial charge in [0.2, 0.25) is 10.0 Å². The zero-order chi connectivity index (χ0) is 19.6. The molecule has 1 aliphatic rings. The maximum Gasteiger partial charge on any atom is 0.420 e. The molecule has 2 heterocycles. The van der Waals surface area contributed by atoms with Gasteiger partial charge in [-0.2, -0.15) is 4.31 Å². The summed E-state index contributed by atoms with van der Waals surface area (Å²) in [6.07, 6.45) is 3.35. The largest absolute Gasteiger partial charge is 0.464 e. The molecular formula is C18H24N2O6S. The van der Waals surface area contributed by atoms with Gasteiger partial charge in [-0.05, 0) is 38.3 Å². The van der Waals surface area contributed by atoms with Crippen molar-refractivity contribution in [2.24, 2.45) is 0 Å². The first-order chi connectivity index (χ1) is 12.8. The molecule has 0 aliphatic carbocycles. The van der Waals surface area contributed by atoms with E-state index in [0.29, 0.717) is 18.5 Å². The molecule has 1 saturated heterocycles. The predicted molar refractivity (Wildman–Crippen MR) is 98.9 cm³/mol. The number of fused-ring (bicyclic) bond motifs is 1. The number of piperidine rings is 1. The number of sulfonamides is 1. The molecule has 0 unspecified atom stereocenters. The summed E-state index contributed by atoms with van der Waals surface area (Å²) < 4.78 is 38.7. The lowest BCUT2D eigenvalue weighted by Gasteiger charge is -2.32. The van der Waals surface area contributed by atoms with Crippen molar-refractivity contribution < 1.29 is 22.4 Å². The number of rotatable bonds is 6. The minimum absolute atomic E-state index is 0.0654. The number of aromatic nitrogens is 1. The third-order valence-corrected chi connectivity index (χ3v) is 6.75. The predicted octanol–water partition coefficient (Wildman–Crippen LogP) is 2.11. The second kappa shape index (κ2) is 7.85. The lowest BCUT2D eigenvalue weighted by molar-refractivity contribution is -0.144. The van der Waals surface area contributed by atoms with E-state index in [1.807, 2.05) is 13.8 Å². The van der Waals surface area contributed by atoms with Crippen LogP contribution in [0.5, 0.6) is 0 Å². The molecule has 0 saturated carbocycles. The summed E-state index contributed by atoms with van der Waals surface area (Å²) in [6.45, 7) is 4.25. The molecule has 0 spiro atoms. The molecule has 0 bridgehead atoms. The quantitative estimate of drug-likeness (QED) is 0.694. The number of ether oxygens (including phenoxy) is 1. The van der Waals surface area contributed by atoms with Gasteiger partial charge in [0.1, 0.15) is 6.54 Å². The first kappa shape index (κ1) is 19.6. The van der Waals surface area contributed by atoms with E-state index in [4.69, 9.17) is 9.15 Å². The zero-order valence-electron chi connectivity index (χ0n) is 15.5. The van der Waals surface area contributed by atoms with Gasteiger partial charge in [0.05, 0.1) is 17.0 Å². The van der Waals surface area contributed by atoms with Gasteiger partial charge in [0.15, 0.2) is 5.58 Å². The highest BCUT2D eigenvalue weighted by atomic mass is 32.2. The smallest absolute Gasteiger partial charge is 0.420 e. The maximum absolute atomic E-state index is 13.0. The fraction of sp³-hybridized carbons (Fsp3) is 0.556. The minimum atomic E-state index is -3.67. The number of esters is 1. The van der Waals surface area contributed by atoms with Crippen molar-refractivity contribution in [1.82, 2.24) is 8.87 Å². The molecule has 148 valence electrons. The fourth-order valence-corrected chi connectivity index (χ4v) is 5.03. The first-order valence-electron chi connectivity index (χ1n) is 9.15. The summed E-state index contributed by atoms with van der Waals surface area (Å²) in [5.74, 6) is -1.26. The van der Waals surface area contributed by atoms with Gasteiger partial charge < -0.3 is 9.15 Å². The van der Waals surface area contributed by atoms with Gasteiger partial charge in [0, 0.05) is 18.7 Å². The Morgan fingerprint density at radius 3 is 2.81 bits per heavy atom. The molecule has 8 nitrogen and oxygen atoms in total. The van der Waals surface area contributed by atoms with Crippen LogP contribution in [0.4, 0.5) is 0 Å². The Morgan fingerprint density at radius 2 is 2.11 bits per heavy atom. The van der Waals surface area contributed by atoms with Crippen LogP contribution in [0.2, 0.25) is 0 Å². The van der Waals surface area contributed by atoms with Crippen molar-refractivity contribution in [1.29, 1.82) is 0 Å². The normalized spacial score (nSPS) is 18.7.